The lowest BCUT2D eigenvalue weighted by Gasteiger charge is -2.08. The summed E-state index contributed by atoms with van der Waals surface area (Å²) in [5.74, 6) is 0.738. The van der Waals surface area contributed by atoms with Gasteiger partial charge in [0.05, 0.1) is 7.11 Å². The first-order valence-corrected chi connectivity index (χ1v) is 7.17. The monoisotopic (exact) mass is 386 g/mol. The van der Waals surface area contributed by atoms with Crippen molar-refractivity contribution in [3.63, 3.8) is 0 Å². The van der Waals surface area contributed by atoms with Crippen LogP contribution in [0, 0.1) is 3.57 Å². The second kappa shape index (κ2) is 6.39. The van der Waals surface area contributed by atoms with E-state index in [4.69, 9.17) is 16.3 Å². The molecule has 2 aromatic carbocycles. The molecule has 0 aliphatic carbocycles. The Morgan fingerprint density at radius 2 is 2.05 bits per heavy atom. The van der Waals surface area contributed by atoms with Crippen LogP contribution in [0.25, 0.3) is 0 Å². The van der Waals surface area contributed by atoms with E-state index in [0.29, 0.717) is 16.3 Å². The minimum atomic E-state index is 0.0547. The third-order valence-electron chi connectivity index (χ3n) is 2.74. The van der Waals surface area contributed by atoms with Crippen molar-refractivity contribution in [1.82, 2.24) is 0 Å². The molecule has 0 bridgehead atoms. The van der Waals surface area contributed by atoms with Crippen LogP contribution in [-0.2, 0) is 6.42 Å². The first kappa shape index (κ1) is 14.3. The van der Waals surface area contributed by atoms with Crippen molar-refractivity contribution in [1.29, 1.82) is 0 Å². The van der Waals surface area contributed by atoms with Crippen molar-refractivity contribution < 1.29 is 9.53 Å². The average Bonchev–Trinajstić information content (AvgIpc) is 2.39. The number of ketones is 1. The molecule has 2 rings (SSSR count). The van der Waals surface area contributed by atoms with Crippen LogP contribution in [0.2, 0.25) is 5.02 Å². The molecule has 0 saturated carbocycles. The van der Waals surface area contributed by atoms with Crippen molar-refractivity contribution in [2.24, 2.45) is 0 Å². The van der Waals surface area contributed by atoms with Crippen LogP contribution in [0.1, 0.15) is 15.9 Å². The van der Waals surface area contributed by atoms with Gasteiger partial charge in [0, 0.05) is 26.1 Å². The number of carbonyl (C=O) groups is 1. The molecule has 2 nitrogen and oxygen atoms in total. The van der Waals surface area contributed by atoms with E-state index in [9.17, 15) is 4.79 Å². The highest BCUT2D eigenvalue weighted by Gasteiger charge is 2.11. The molecule has 2 aromatic rings. The third-order valence-corrected chi connectivity index (χ3v) is 3.65. The Morgan fingerprint density at radius 3 is 2.74 bits per heavy atom. The van der Waals surface area contributed by atoms with Gasteiger partial charge in [-0.1, -0.05) is 23.7 Å². The third kappa shape index (κ3) is 3.70. The van der Waals surface area contributed by atoms with Crippen LogP contribution >= 0.6 is 34.2 Å². The maximum Gasteiger partial charge on any atom is 0.167 e. The van der Waals surface area contributed by atoms with E-state index in [2.05, 4.69) is 22.6 Å². The summed E-state index contributed by atoms with van der Waals surface area (Å²) in [5.41, 5.74) is 1.51. The van der Waals surface area contributed by atoms with Crippen LogP contribution in [-0.4, -0.2) is 12.9 Å². The lowest BCUT2D eigenvalue weighted by molar-refractivity contribution is 0.0992. The fraction of sp³-hybridized carbons (Fsp3) is 0.133. The number of methoxy groups -OCH3 is 1. The van der Waals surface area contributed by atoms with Gasteiger partial charge in [0.1, 0.15) is 5.75 Å². The zero-order valence-corrected chi connectivity index (χ0v) is 13.2. The first-order chi connectivity index (χ1) is 9.10. The minimum absolute atomic E-state index is 0.0547. The van der Waals surface area contributed by atoms with E-state index in [1.165, 1.54) is 0 Å². The second-order valence-electron chi connectivity index (χ2n) is 4.07. The van der Waals surface area contributed by atoms with Crippen LogP contribution in [0.15, 0.2) is 42.5 Å². The van der Waals surface area contributed by atoms with Crippen molar-refractivity contribution in [2.75, 3.05) is 7.11 Å². The highest BCUT2D eigenvalue weighted by Crippen LogP contribution is 2.24. The zero-order valence-electron chi connectivity index (χ0n) is 10.3. The maximum atomic E-state index is 12.2. The smallest absolute Gasteiger partial charge is 0.167 e. The standard InChI is InChI=1S/C15H12ClIO2/c1-19-15-6-5-12(16)7-11(15)9-14(18)10-3-2-4-13(17)8-10/h2-8H,9H2,1H3. The lowest BCUT2D eigenvalue weighted by Crippen LogP contribution is -2.05. The van der Waals surface area contributed by atoms with Crippen molar-refractivity contribution in [3.05, 3.63) is 62.2 Å². The normalized spacial score (nSPS) is 10.3. The molecule has 0 radical (unpaired) electrons. The predicted octanol–water partition coefficient (Wildman–Crippen LogP) is 4.38. The zero-order chi connectivity index (χ0) is 13.8. The Morgan fingerprint density at radius 1 is 1.26 bits per heavy atom. The molecule has 0 atom stereocenters. The van der Waals surface area contributed by atoms with Gasteiger partial charge in [0.15, 0.2) is 5.78 Å². The summed E-state index contributed by atoms with van der Waals surface area (Å²) in [6, 6.07) is 12.8. The van der Waals surface area contributed by atoms with Gasteiger partial charge in [0.2, 0.25) is 0 Å². The highest BCUT2D eigenvalue weighted by atomic mass is 127. The summed E-state index contributed by atoms with van der Waals surface area (Å²) in [5, 5.41) is 0.603. The summed E-state index contributed by atoms with van der Waals surface area (Å²) in [7, 11) is 1.59. The molecule has 98 valence electrons. The molecule has 19 heavy (non-hydrogen) atoms. The van der Waals surface area contributed by atoms with Gasteiger partial charge in [-0.25, -0.2) is 0 Å². The Bertz CT molecular complexity index is 611. The Labute approximate surface area is 130 Å². The number of carbonyl (C=O) groups excluding carboxylic acids is 1. The molecule has 4 heteroatoms. The van der Waals surface area contributed by atoms with E-state index < -0.39 is 0 Å². The number of halogens is 2. The molecular weight excluding hydrogens is 375 g/mol. The molecule has 0 aliphatic rings. The summed E-state index contributed by atoms with van der Waals surface area (Å²) in [6.45, 7) is 0. The number of ether oxygens (including phenoxy) is 1. The van der Waals surface area contributed by atoms with Gasteiger partial charge in [-0.05, 0) is 52.9 Å². The van der Waals surface area contributed by atoms with E-state index in [1.54, 1.807) is 25.3 Å². The van der Waals surface area contributed by atoms with Crippen LogP contribution < -0.4 is 4.74 Å². The van der Waals surface area contributed by atoms with Crippen molar-refractivity contribution in [2.45, 2.75) is 6.42 Å². The Balaban J connectivity index is 2.26. The van der Waals surface area contributed by atoms with E-state index >= 15 is 0 Å². The number of hydrogen-bond acceptors (Lipinski definition) is 2. The van der Waals surface area contributed by atoms with Crippen LogP contribution in [0.4, 0.5) is 0 Å². The minimum Gasteiger partial charge on any atom is -0.496 e. The van der Waals surface area contributed by atoms with Gasteiger partial charge >= 0.3 is 0 Å². The molecule has 0 saturated heterocycles. The Hall–Kier alpha value is -1.07. The Kier molecular flexibility index (Phi) is 4.82. The molecule has 0 N–H and O–H groups in total. The summed E-state index contributed by atoms with van der Waals surface area (Å²) >= 11 is 8.15. The second-order valence-corrected chi connectivity index (χ2v) is 5.75. The van der Waals surface area contributed by atoms with E-state index in [1.807, 2.05) is 24.3 Å². The van der Waals surface area contributed by atoms with E-state index in [-0.39, 0.29) is 12.2 Å². The molecule has 0 fully saturated rings. The summed E-state index contributed by atoms with van der Waals surface area (Å²) in [6.07, 6.45) is 0.282. The molecule has 0 amide bonds. The summed E-state index contributed by atoms with van der Waals surface area (Å²) in [4.78, 5) is 12.2. The van der Waals surface area contributed by atoms with Gasteiger partial charge in [0.25, 0.3) is 0 Å². The highest BCUT2D eigenvalue weighted by molar-refractivity contribution is 14.1. The molecule has 0 aromatic heterocycles. The van der Waals surface area contributed by atoms with Gasteiger partial charge in [-0.15, -0.1) is 0 Å². The number of hydrogen-bond donors (Lipinski definition) is 0. The van der Waals surface area contributed by atoms with Gasteiger partial charge in [-0.2, -0.15) is 0 Å². The fourth-order valence-corrected chi connectivity index (χ4v) is 2.56. The fourth-order valence-electron chi connectivity index (χ4n) is 1.82. The largest absolute Gasteiger partial charge is 0.496 e. The SMILES string of the molecule is COc1ccc(Cl)cc1CC(=O)c1cccc(I)c1. The maximum absolute atomic E-state index is 12.2. The first-order valence-electron chi connectivity index (χ1n) is 5.71. The predicted molar refractivity (Wildman–Crippen MR) is 85.2 cm³/mol. The molecule has 0 spiro atoms. The summed E-state index contributed by atoms with van der Waals surface area (Å²) < 4.78 is 6.29. The van der Waals surface area contributed by atoms with Gasteiger partial charge in [-0.3, -0.25) is 4.79 Å². The van der Waals surface area contributed by atoms with Crippen molar-refractivity contribution in [3.8, 4) is 5.75 Å². The lowest BCUT2D eigenvalue weighted by atomic mass is 10.0. The topological polar surface area (TPSA) is 26.3 Å². The van der Waals surface area contributed by atoms with Gasteiger partial charge < -0.3 is 4.74 Å². The van der Waals surface area contributed by atoms with Crippen molar-refractivity contribution >= 4 is 40.0 Å². The van der Waals surface area contributed by atoms with Crippen LogP contribution in [0.5, 0.6) is 5.75 Å². The molecule has 0 heterocycles. The van der Waals surface area contributed by atoms with Crippen LogP contribution in [0.3, 0.4) is 0 Å². The number of rotatable bonds is 4. The molecular formula is C15H12ClIO2. The molecule has 0 aliphatic heterocycles. The molecule has 0 unspecified atom stereocenters. The average molecular weight is 387 g/mol. The quantitative estimate of drug-likeness (QED) is 0.576. The van der Waals surface area contributed by atoms with E-state index in [0.717, 1.165) is 9.13 Å². The number of benzene rings is 2. The number of Topliss-reactive ketones (excluding diaryl/α,β-unsaturated/α-hetero) is 1.